The Hall–Kier alpha value is -1.26. The molecule has 0 amide bonds. The van der Waals surface area contributed by atoms with Crippen LogP contribution in [0.5, 0.6) is 0 Å². The minimum Gasteiger partial charge on any atom is -0.370 e. The van der Waals surface area contributed by atoms with Gasteiger partial charge in [-0.25, -0.2) is 0 Å². The molecule has 0 aromatic rings. The Morgan fingerprint density at radius 2 is 1.75 bits per heavy atom. The lowest BCUT2D eigenvalue weighted by Crippen LogP contribution is -2.34. The van der Waals surface area contributed by atoms with Crippen LogP contribution in [0.4, 0.5) is 0 Å². The highest BCUT2D eigenvalue weighted by atomic mass is 15.3. The first kappa shape index (κ1) is 14.7. The van der Waals surface area contributed by atoms with Crippen LogP contribution in [0.2, 0.25) is 0 Å². The van der Waals surface area contributed by atoms with E-state index in [1.807, 2.05) is 4.90 Å². The van der Waals surface area contributed by atoms with Crippen LogP contribution in [-0.4, -0.2) is 29.9 Å². The molecule has 0 aliphatic heterocycles. The molecule has 0 rings (SSSR count). The van der Waals surface area contributed by atoms with Gasteiger partial charge in [-0.15, -0.1) is 0 Å². The van der Waals surface area contributed by atoms with Crippen LogP contribution in [0.25, 0.3) is 0 Å². The highest BCUT2D eigenvalue weighted by Gasteiger charge is 2.07. The van der Waals surface area contributed by atoms with Crippen molar-refractivity contribution in [2.75, 3.05) is 13.1 Å². The van der Waals surface area contributed by atoms with Gasteiger partial charge >= 0.3 is 0 Å². The molecule has 16 heavy (non-hydrogen) atoms. The third-order valence-corrected chi connectivity index (χ3v) is 2.31. The summed E-state index contributed by atoms with van der Waals surface area (Å²) in [5, 5.41) is 7.74. The highest BCUT2D eigenvalue weighted by molar-refractivity contribution is 5.91. The second-order valence-corrected chi connectivity index (χ2v) is 3.91. The van der Waals surface area contributed by atoms with Crippen LogP contribution in [-0.2, 0) is 0 Å². The molecular weight excluding hydrogens is 202 g/mol. The average molecular weight is 227 g/mol. The van der Waals surface area contributed by atoms with Crippen molar-refractivity contribution in [1.29, 1.82) is 5.41 Å². The Morgan fingerprint density at radius 3 is 2.25 bits per heavy atom. The summed E-state index contributed by atoms with van der Waals surface area (Å²) in [6.07, 6.45) is 5.76. The lowest BCUT2D eigenvalue weighted by molar-refractivity contribution is 0.394. The van der Waals surface area contributed by atoms with Gasteiger partial charge in [-0.2, -0.15) is 4.99 Å². The van der Waals surface area contributed by atoms with Crippen LogP contribution < -0.4 is 11.5 Å². The molecule has 0 spiro atoms. The number of guanidine groups is 2. The smallest absolute Gasteiger partial charge is 0.221 e. The third kappa shape index (κ3) is 7.09. The molecule has 0 saturated carbocycles. The minimum absolute atomic E-state index is 0.0420. The molecule has 0 atom stereocenters. The molecule has 5 N–H and O–H groups in total. The van der Waals surface area contributed by atoms with Crippen molar-refractivity contribution in [2.24, 2.45) is 16.5 Å². The largest absolute Gasteiger partial charge is 0.370 e. The summed E-state index contributed by atoms with van der Waals surface area (Å²) in [5.41, 5.74) is 10.5. The van der Waals surface area contributed by atoms with Gasteiger partial charge in [-0.05, 0) is 12.8 Å². The van der Waals surface area contributed by atoms with Crippen molar-refractivity contribution in [3.63, 3.8) is 0 Å². The Labute approximate surface area is 98.4 Å². The number of nitrogens with two attached hydrogens (primary N) is 2. The number of nitrogens with one attached hydrogen (secondary N) is 1. The Bertz CT molecular complexity index is 220. The third-order valence-electron chi connectivity index (χ3n) is 2.31. The number of aliphatic imine (C=N–C) groups is 1. The maximum absolute atomic E-state index is 7.74. The van der Waals surface area contributed by atoms with E-state index in [0.29, 0.717) is 0 Å². The van der Waals surface area contributed by atoms with E-state index in [9.17, 15) is 0 Å². The van der Waals surface area contributed by atoms with E-state index in [2.05, 4.69) is 18.8 Å². The molecule has 0 aliphatic rings. The van der Waals surface area contributed by atoms with E-state index in [1.165, 1.54) is 19.3 Å². The number of hydrogen-bond donors (Lipinski definition) is 3. The second kappa shape index (κ2) is 9.00. The first-order valence-electron chi connectivity index (χ1n) is 6.04. The molecule has 0 aliphatic carbocycles. The monoisotopic (exact) mass is 227 g/mol. The second-order valence-electron chi connectivity index (χ2n) is 3.91. The van der Waals surface area contributed by atoms with Crippen molar-refractivity contribution < 1.29 is 0 Å². The zero-order valence-corrected chi connectivity index (χ0v) is 10.5. The first-order chi connectivity index (χ1) is 7.61. The van der Waals surface area contributed by atoms with E-state index in [1.54, 1.807) is 0 Å². The van der Waals surface area contributed by atoms with Gasteiger partial charge in [0.15, 0.2) is 5.96 Å². The number of unbranched alkanes of at least 4 members (excludes halogenated alkanes) is 3. The zero-order valence-electron chi connectivity index (χ0n) is 10.5. The number of rotatable bonds is 7. The molecule has 0 fully saturated rings. The van der Waals surface area contributed by atoms with Crippen molar-refractivity contribution in [3.8, 4) is 0 Å². The lowest BCUT2D eigenvalue weighted by Gasteiger charge is -2.21. The quantitative estimate of drug-likeness (QED) is 0.349. The fourth-order valence-corrected chi connectivity index (χ4v) is 1.52. The SMILES string of the molecule is CCCCCCN(CCC)C(=N)N=C(N)N. The van der Waals surface area contributed by atoms with Crippen molar-refractivity contribution >= 4 is 11.9 Å². The Balaban J connectivity index is 4.05. The van der Waals surface area contributed by atoms with E-state index < -0.39 is 0 Å². The Kier molecular flexibility index (Phi) is 8.29. The van der Waals surface area contributed by atoms with Gasteiger partial charge in [-0.3, -0.25) is 5.41 Å². The molecule has 0 unspecified atom stereocenters. The molecule has 0 saturated heterocycles. The van der Waals surface area contributed by atoms with Crippen LogP contribution in [0.1, 0.15) is 46.0 Å². The number of hydrogen-bond acceptors (Lipinski definition) is 1. The summed E-state index contributed by atoms with van der Waals surface area (Å²) in [7, 11) is 0. The molecule has 0 bridgehead atoms. The maximum atomic E-state index is 7.74. The summed E-state index contributed by atoms with van der Waals surface area (Å²) < 4.78 is 0. The summed E-state index contributed by atoms with van der Waals surface area (Å²) in [5.74, 6) is 0.137. The fraction of sp³-hybridized carbons (Fsp3) is 0.818. The van der Waals surface area contributed by atoms with E-state index in [0.717, 1.165) is 25.9 Å². The van der Waals surface area contributed by atoms with E-state index in [4.69, 9.17) is 16.9 Å². The van der Waals surface area contributed by atoms with Gasteiger partial charge in [-0.1, -0.05) is 33.1 Å². The minimum atomic E-state index is -0.0420. The molecule has 5 nitrogen and oxygen atoms in total. The molecule has 0 radical (unpaired) electrons. The van der Waals surface area contributed by atoms with Gasteiger partial charge in [0, 0.05) is 13.1 Å². The molecular formula is C11H25N5. The standard InChI is InChI=1S/C11H25N5/c1-3-5-6-7-9-16(8-4-2)11(14)15-10(12)13/h3-9H2,1-2H3,(H5,12,13,14,15). The maximum Gasteiger partial charge on any atom is 0.221 e. The van der Waals surface area contributed by atoms with Crippen molar-refractivity contribution in [2.45, 2.75) is 46.0 Å². The van der Waals surface area contributed by atoms with Crippen molar-refractivity contribution in [1.82, 2.24) is 4.90 Å². The van der Waals surface area contributed by atoms with Gasteiger partial charge in [0.25, 0.3) is 0 Å². The van der Waals surface area contributed by atoms with Gasteiger partial charge in [0.2, 0.25) is 5.96 Å². The van der Waals surface area contributed by atoms with Crippen LogP contribution in [0, 0.1) is 5.41 Å². The van der Waals surface area contributed by atoms with Gasteiger partial charge in [0.1, 0.15) is 0 Å². The molecule has 0 aromatic heterocycles. The topological polar surface area (TPSA) is 91.5 Å². The predicted molar refractivity (Wildman–Crippen MR) is 69.5 cm³/mol. The first-order valence-corrected chi connectivity index (χ1v) is 6.04. The summed E-state index contributed by atoms with van der Waals surface area (Å²) in [6, 6.07) is 0. The average Bonchev–Trinajstić information content (AvgIpc) is 2.21. The summed E-state index contributed by atoms with van der Waals surface area (Å²) in [6.45, 7) is 5.97. The van der Waals surface area contributed by atoms with Gasteiger partial charge < -0.3 is 16.4 Å². The molecule has 5 heteroatoms. The van der Waals surface area contributed by atoms with Gasteiger partial charge in [0.05, 0.1) is 0 Å². The van der Waals surface area contributed by atoms with E-state index >= 15 is 0 Å². The number of nitrogens with zero attached hydrogens (tertiary/aromatic N) is 2. The Morgan fingerprint density at radius 1 is 1.06 bits per heavy atom. The zero-order chi connectivity index (χ0) is 12.4. The highest BCUT2D eigenvalue weighted by Crippen LogP contribution is 2.03. The predicted octanol–water partition coefficient (Wildman–Crippen LogP) is 1.49. The normalized spacial score (nSPS) is 9.88. The molecule has 0 aromatic carbocycles. The summed E-state index contributed by atoms with van der Waals surface area (Å²) in [4.78, 5) is 5.70. The summed E-state index contributed by atoms with van der Waals surface area (Å²) >= 11 is 0. The molecule has 94 valence electrons. The van der Waals surface area contributed by atoms with Crippen LogP contribution in [0.15, 0.2) is 4.99 Å². The van der Waals surface area contributed by atoms with Crippen LogP contribution >= 0.6 is 0 Å². The van der Waals surface area contributed by atoms with Crippen LogP contribution in [0.3, 0.4) is 0 Å². The fourth-order valence-electron chi connectivity index (χ4n) is 1.52. The molecule has 0 heterocycles. The van der Waals surface area contributed by atoms with Crippen molar-refractivity contribution in [3.05, 3.63) is 0 Å². The lowest BCUT2D eigenvalue weighted by atomic mass is 10.2. The van der Waals surface area contributed by atoms with E-state index in [-0.39, 0.29) is 11.9 Å².